The Labute approximate surface area is 170 Å². The first kappa shape index (κ1) is 18.5. The molecule has 28 heavy (non-hydrogen) atoms. The fourth-order valence-electron chi connectivity index (χ4n) is 2.57. The summed E-state index contributed by atoms with van der Waals surface area (Å²) in [6.45, 7) is 1.98. The lowest BCUT2D eigenvalue weighted by molar-refractivity contribution is 0.415. The van der Waals surface area contributed by atoms with Gasteiger partial charge in [-0.1, -0.05) is 29.4 Å². The Balaban J connectivity index is 1.53. The maximum absolute atomic E-state index is 6.09. The van der Waals surface area contributed by atoms with Crippen molar-refractivity contribution >= 4 is 23.4 Å². The fourth-order valence-corrected chi connectivity index (χ4v) is 3.62. The Kier molecular flexibility index (Phi) is 5.31. The third-order valence-electron chi connectivity index (χ3n) is 4.01. The smallest absolute Gasteiger partial charge is 0.247 e. The van der Waals surface area contributed by atoms with Crippen LogP contribution in [0.2, 0.25) is 5.02 Å². The summed E-state index contributed by atoms with van der Waals surface area (Å²) in [5, 5.41) is 17.8. The molecule has 0 aliphatic rings. The van der Waals surface area contributed by atoms with Gasteiger partial charge in [-0.2, -0.15) is 0 Å². The number of benzene rings is 2. The highest BCUT2D eigenvalue weighted by Gasteiger charge is 2.19. The van der Waals surface area contributed by atoms with Crippen molar-refractivity contribution in [3.63, 3.8) is 0 Å². The Morgan fingerprint density at radius 2 is 1.93 bits per heavy atom. The van der Waals surface area contributed by atoms with E-state index in [1.807, 2.05) is 60.0 Å². The number of aromatic nitrogens is 5. The van der Waals surface area contributed by atoms with Crippen LogP contribution >= 0.6 is 23.4 Å². The summed E-state index contributed by atoms with van der Waals surface area (Å²) in [7, 11) is 1.63. The number of hydrogen-bond acceptors (Lipinski definition) is 7. The number of hydrogen-bond donors (Lipinski definition) is 0. The molecule has 0 N–H and O–H groups in total. The van der Waals surface area contributed by atoms with Gasteiger partial charge in [-0.3, -0.25) is 4.57 Å². The van der Waals surface area contributed by atoms with E-state index in [0.29, 0.717) is 22.0 Å². The van der Waals surface area contributed by atoms with Crippen LogP contribution in [0.5, 0.6) is 5.75 Å². The zero-order valence-electron chi connectivity index (χ0n) is 15.1. The van der Waals surface area contributed by atoms with Crippen molar-refractivity contribution < 1.29 is 9.15 Å². The van der Waals surface area contributed by atoms with Gasteiger partial charge in [-0.15, -0.1) is 20.4 Å². The molecule has 2 aromatic heterocycles. The van der Waals surface area contributed by atoms with Gasteiger partial charge in [-0.05, 0) is 49.4 Å². The van der Waals surface area contributed by atoms with Crippen LogP contribution in [0.25, 0.3) is 17.1 Å². The first-order valence-electron chi connectivity index (χ1n) is 8.44. The van der Waals surface area contributed by atoms with Gasteiger partial charge in [0.25, 0.3) is 0 Å². The van der Waals surface area contributed by atoms with Gasteiger partial charge in [0.05, 0.1) is 18.0 Å². The highest BCUT2D eigenvalue weighted by molar-refractivity contribution is 7.99. The zero-order valence-corrected chi connectivity index (χ0v) is 16.7. The molecule has 4 aromatic rings. The number of methoxy groups -OCH3 is 1. The van der Waals surface area contributed by atoms with Gasteiger partial charge in [0.15, 0.2) is 5.16 Å². The van der Waals surface area contributed by atoms with E-state index in [2.05, 4.69) is 20.4 Å². The number of ether oxygens (including phenoxy) is 1. The fraction of sp³-hybridized carbons (Fsp3) is 0.158. The summed E-state index contributed by atoms with van der Waals surface area (Å²) in [6, 6.07) is 15.0. The molecule has 0 saturated carbocycles. The monoisotopic (exact) mass is 413 g/mol. The molecule has 1 unspecified atom stereocenters. The largest absolute Gasteiger partial charge is 0.497 e. The molecule has 0 amide bonds. The summed E-state index contributed by atoms with van der Waals surface area (Å²) < 4.78 is 12.9. The molecule has 9 heteroatoms. The molecular formula is C19H16ClN5O2S. The minimum Gasteiger partial charge on any atom is -0.497 e. The molecule has 7 nitrogen and oxygen atoms in total. The Hall–Kier alpha value is -2.84. The molecule has 0 fully saturated rings. The lowest BCUT2D eigenvalue weighted by Gasteiger charge is -2.09. The lowest BCUT2D eigenvalue weighted by atomic mass is 10.2. The van der Waals surface area contributed by atoms with Gasteiger partial charge in [-0.25, -0.2) is 0 Å². The van der Waals surface area contributed by atoms with Crippen LogP contribution in [-0.2, 0) is 0 Å². The molecule has 2 heterocycles. The second-order valence-corrected chi connectivity index (χ2v) is 7.64. The molecule has 2 aromatic carbocycles. The van der Waals surface area contributed by atoms with Crippen molar-refractivity contribution in [3.8, 4) is 22.9 Å². The van der Waals surface area contributed by atoms with Crippen LogP contribution < -0.4 is 4.74 Å². The topological polar surface area (TPSA) is 78.9 Å². The first-order valence-corrected chi connectivity index (χ1v) is 9.70. The SMILES string of the molecule is COc1ccc(-c2nnc(C(C)Sc3nncn3-c3cccc(Cl)c3)o2)cc1. The Morgan fingerprint density at radius 1 is 1.11 bits per heavy atom. The molecule has 0 bridgehead atoms. The van der Waals surface area contributed by atoms with Crippen LogP contribution in [0.4, 0.5) is 0 Å². The third-order valence-corrected chi connectivity index (χ3v) is 5.29. The van der Waals surface area contributed by atoms with E-state index in [0.717, 1.165) is 17.0 Å². The molecule has 1 atom stereocenters. The highest BCUT2D eigenvalue weighted by Crippen LogP contribution is 2.35. The minimum atomic E-state index is -0.110. The number of nitrogens with zero attached hydrogens (tertiary/aromatic N) is 5. The van der Waals surface area contributed by atoms with E-state index in [4.69, 9.17) is 20.8 Å². The van der Waals surface area contributed by atoms with Crippen molar-refractivity contribution in [2.45, 2.75) is 17.3 Å². The van der Waals surface area contributed by atoms with Gasteiger partial charge in [0.1, 0.15) is 12.1 Å². The van der Waals surface area contributed by atoms with Crippen LogP contribution in [0, 0.1) is 0 Å². The van der Waals surface area contributed by atoms with E-state index in [1.165, 1.54) is 11.8 Å². The second kappa shape index (κ2) is 8.04. The summed E-state index contributed by atoms with van der Waals surface area (Å²) in [4.78, 5) is 0. The quantitative estimate of drug-likeness (QED) is 0.419. The average molecular weight is 414 g/mol. The molecule has 142 valence electrons. The number of halogens is 1. The molecule has 0 spiro atoms. The summed E-state index contributed by atoms with van der Waals surface area (Å²) in [5.74, 6) is 1.74. The highest BCUT2D eigenvalue weighted by atomic mass is 35.5. The summed E-state index contributed by atoms with van der Waals surface area (Å²) in [6.07, 6.45) is 1.65. The summed E-state index contributed by atoms with van der Waals surface area (Å²) in [5.41, 5.74) is 1.72. The maximum Gasteiger partial charge on any atom is 0.247 e. The number of thioether (sulfide) groups is 1. The van der Waals surface area contributed by atoms with Crippen molar-refractivity contribution in [2.24, 2.45) is 0 Å². The molecule has 4 rings (SSSR count). The average Bonchev–Trinajstić information content (AvgIpc) is 3.38. The van der Waals surface area contributed by atoms with Crippen LogP contribution in [0.3, 0.4) is 0 Å². The Morgan fingerprint density at radius 3 is 2.68 bits per heavy atom. The lowest BCUT2D eigenvalue weighted by Crippen LogP contribution is -1.97. The predicted octanol–water partition coefficient (Wildman–Crippen LogP) is 4.83. The van der Waals surface area contributed by atoms with Gasteiger partial charge >= 0.3 is 0 Å². The molecular weight excluding hydrogens is 398 g/mol. The van der Waals surface area contributed by atoms with Crippen LogP contribution in [-0.4, -0.2) is 32.1 Å². The van der Waals surface area contributed by atoms with Crippen LogP contribution in [0.15, 0.2) is 64.4 Å². The zero-order chi connectivity index (χ0) is 19.5. The normalized spacial score (nSPS) is 12.1. The van der Waals surface area contributed by atoms with Crippen LogP contribution in [0.1, 0.15) is 18.1 Å². The standard InChI is InChI=1S/C19H16ClN5O2S/c1-12(17-22-23-18(27-17)13-6-8-16(26-2)9-7-13)28-19-24-21-11-25(19)15-5-3-4-14(20)10-15/h3-12H,1-2H3. The third kappa shape index (κ3) is 3.88. The van der Waals surface area contributed by atoms with E-state index in [1.54, 1.807) is 13.4 Å². The first-order chi connectivity index (χ1) is 13.6. The van der Waals surface area contributed by atoms with Gasteiger partial charge < -0.3 is 9.15 Å². The van der Waals surface area contributed by atoms with Crippen molar-refractivity contribution in [3.05, 3.63) is 65.8 Å². The van der Waals surface area contributed by atoms with E-state index >= 15 is 0 Å². The van der Waals surface area contributed by atoms with Gasteiger partial charge in [0, 0.05) is 10.6 Å². The van der Waals surface area contributed by atoms with Crippen molar-refractivity contribution in [2.75, 3.05) is 7.11 Å². The van der Waals surface area contributed by atoms with E-state index in [9.17, 15) is 0 Å². The predicted molar refractivity (Wildman–Crippen MR) is 107 cm³/mol. The van der Waals surface area contributed by atoms with E-state index < -0.39 is 0 Å². The van der Waals surface area contributed by atoms with Crippen molar-refractivity contribution in [1.29, 1.82) is 0 Å². The molecule has 0 saturated heterocycles. The molecule has 0 radical (unpaired) electrons. The second-order valence-electron chi connectivity index (χ2n) is 5.90. The van der Waals surface area contributed by atoms with E-state index in [-0.39, 0.29) is 5.25 Å². The minimum absolute atomic E-state index is 0.110. The summed E-state index contributed by atoms with van der Waals surface area (Å²) >= 11 is 7.57. The number of rotatable bonds is 6. The molecule has 0 aliphatic carbocycles. The Bertz CT molecular complexity index is 1080. The van der Waals surface area contributed by atoms with Gasteiger partial charge in [0.2, 0.25) is 11.8 Å². The molecule has 0 aliphatic heterocycles. The van der Waals surface area contributed by atoms with Crippen molar-refractivity contribution in [1.82, 2.24) is 25.0 Å². The maximum atomic E-state index is 6.09.